The number of carbonyl (C=O) groups is 1. The van der Waals surface area contributed by atoms with Crippen LogP contribution in [-0.4, -0.2) is 20.7 Å². The van der Waals surface area contributed by atoms with Crippen molar-refractivity contribution in [1.29, 1.82) is 0 Å². The molecule has 0 saturated heterocycles. The van der Waals surface area contributed by atoms with Gasteiger partial charge in [0.1, 0.15) is 18.9 Å². The normalized spacial score (nSPS) is 10.6. The molecule has 0 aliphatic rings. The Bertz CT molecular complexity index is 1130. The molecule has 8 heteroatoms. The second kappa shape index (κ2) is 8.85. The van der Waals surface area contributed by atoms with E-state index in [0.29, 0.717) is 22.9 Å². The summed E-state index contributed by atoms with van der Waals surface area (Å²) in [6, 6.07) is 21.1. The van der Waals surface area contributed by atoms with Crippen LogP contribution in [0.25, 0.3) is 10.7 Å². The lowest BCUT2D eigenvalue weighted by Crippen LogP contribution is -2.19. The molecule has 1 amide bonds. The Morgan fingerprint density at radius 3 is 2.62 bits per heavy atom. The lowest BCUT2D eigenvalue weighted by atomic mass is 10.2. The molecule has 0 radical (unpaired) electrons. The number of nitrogens with zero attached hydrogens (tertiary/aromatic N) is 2. The maximum absolute atomic E-state index is 12.5. The number of carbonyl (C=O) groups excluding carboxylic acids is 1. The van der Waals surface area contributed by atoms with Crippen LogP contribution in [0.5, 0.6) is 5.75 Å². The Labute approximate surface area is 176 Å². The number of nitrogens with one attached hydrogen (secondary N) is 2. The van der Waals surface area contributed by atoms with Crippen LogP contribution in [0.15, 0.2) is 72.1 Å². The molecule has 4 aromatic rings. The van der Waals surface area contributed by atoms with Crippen molar-refractivity contribution in [2.45, 2.75) is 13.2 Å². The summed E-state index contributed by atoms with van der Waals surface area (Å²) in [7, 11) is 0. The summed E-state index contributed by atoms with van der Waals surface area (Å²) in [5.74, 6) is 1.21. The van der Waals surface area contributed by atoms with Crippen LogP contribution < -0.4 is 10.1 Å². The molecule has 2 heterocycles. The third-order valence-corrected chi connectivity index (χ3v) is 5.37. The molecular formula is C21H18N4O2S2. The van der Waals surface area contributed by atoms with Crippen molar-refractivity contribution in [3.05, 3.63) is 82.4 Å². The molecule has 146 valence electrons. The van der Waals surface area contributed by atoms with Crippen molar-refractivity contribution in [1.82, 2.24) is 14.8 Å². The monoisotopic (exact) mass is 422 g/mol. The Morgan fingerprint density at radius 2 is 1.90 bits per heavy atom. The number of H-pyrrole nitrogens is 1. The van der Waals surface area contributed by atoms with Gasteiger partial charge in [0.05, 0.1) is 4.88 Å². The number of ether oxygens (including phenoxy) is 1. The second-order valence-electron chi connectivity index (χ2n) is 6.26. The van der Waals surface area contributed by atoms with Crippen LogP contribution in [0.1, 0.15) is 5.56 Å². The van der Waals surface area contributed by atoms with Crippen LogP contribution in [-0.2, 0) is 17.9 Å². The predicted octanol–water partition coefficient (Wildman–Crippen LogP) is 4.89. The van der Waals surface area contributed by atoms with Crippen LogP contribution in [0, 0.1) is 4.77 Å². The molecule has 4 rings (SSSR count). The van der Waals surface area contributed by atoms with Gasteiger partial charge in [-0.3, -0.25) is 14.5 Å². The quantitative estimate of drug-likeness (QED) is 0.416. The smallest absolute Gasteiger partial charge is 0.244 e. The van der Waals surface area contributed by atoms with Crippen molar-refractivity contribution in [3.63, 3.8) is 0 Å². The first-order valence-electron chi connectivity index (χ1n) is 8.95. The molecule has 2 N–H and O–H groups in total. The van der Waals surface area contributed by atoms with Crippen LogP contribution in [0.3, 0.4) is 0 Å². The first kappa shape index (κ1) is 19.1. The van der Waals surface area contributed by atoms with Crippen molar-refractivity contribution in [2.24, 2.45) is 0 Å². The number of amides is 1. The highest BCUT2D eigenvalue weighted by Gasteiger charge is 2.13. The van der Waals surface area contributed by atoms with Gasteiger partial charge in [0.2, 0.25) is 5.91 Å². The Kier molecular flexibility index (Phi) is 5.83. The lowest BCUT2D eigenvalue weighted by molar-refractivity contribution is -0.116. The Morgan fingerprint density at radius 1 is 1.10 bits per heavy atom. The molecule has 2 aromatic heterocycles. The van der Waals surface area contributed by atoms with E-state index in [9.17, 15) is 4.79 Å². The van der Waals surface area contributed by atoms with Gasteiger partial charge in [0.25, 0.3) is 0 Å². The molecule has 0 atom stereocenters. The summed E-state index contributed by atoms with van der Waals surface area (Å²) in [5, 5.41) is 11.8. The topological polar surface area (TPSA) is 71.9 Å². The van der Waals surface area contributed by atoms with E-state index in [1.807, 2.05) is 72.1 Å². The van der Waals surface area contributed by atoms with Gasteiger partial charge >= 0.3 is 0 Å². The maximum Gasteiger partial charge on any atom is 0.244 e. The molecule has 0 spiro atoms. The number of hydrogen-bond acceptors (Lipinski definition) is 5. The van der Waals surface area contributed by atoms with Gasteiger partial charge in [0.15, 0.2) is 10.6 Å². The summed E-state index contributed by atoms with van der Waals surface area (Å²) >= 11 is 6.81. The first-order valence-corrected chi connectivity index (χ1v) is 10.2. The molecule has 6 nitrogen and oxygen atoms in total. The van der Waals surface area contributed by atoms with Crippen LogP contribution >= 0.6 is 23.6 Å². The third kappa shape index (κ3) is 4.79. The largest absolute Gasteiger partial charge is 0.489 e. The summed E-state index contributed by atoms with van der Waals surface area (Å²) in [4.78, 5) is 13.5. The fourth-order valence-electron chi connectivity index (χ4n) is 2.78. The molecule has 0 bridgehead atoms. The first-order chi connectivity index (χ1) is 14.2. The van der Waals surface area contributed by atoms with Crippen molar-refractivity contribution in [2.75, 3.05) is 5.32 Å². The minimum Gasteiger partial charge on any atom is -0.489 e. The molecule has 29 heavy (non-hydrogen) atoms. The number of anilines is 1. The van der Waals surface area contributed by atoms with Gasteiger partial charge in [-0.2, -0.15) is 5.10 Å². The zero-order chi connectivity index (χ0) is 20.1. The highest BCUT2D eigenvalue weighted by molar-refractivity contribution is 7.71. The number of benzene rings is 2. The van der Waals surface area contributed by atoms with Crippen LogP contribution in [0.4, 0.5) is 5.69 Å². The molecule has 0 unspecified atom stereocenters. The molecule has 0 saturated carbocycles. The molecule has 0 aliphatic heterocycles. The SMILES string of the molecule is O=C(Cn1c(-c2cccs2)n[nH]c1=S)Nc1ccc(OCc2ccccc2)cc1. The Balaban J connectivity index is 1.37. The minimum absolute atomic E-state index is 0.0782. The number of aromatic amines is 1. The average molecular weight is 423 g/mol. The number of rotatable bonds is 7. The standard InChI is InChI=1S/C21H18N4O2S2/c26-19(13-25-20(23-24-21(25)28)18-7-4-12-29-18)22-16-8-10-17(11-9-16)27-14-15-5-2-1-3-6-15/h1-12H,13-14H2,(H,22,26)(H,24,28). The summed E-state index contributed by atoms with van der Waals surface area (Å²) in [5.41, 5.74) is 1.79. The van der Waals surface area contributed by atoms with Crippen LogP contribution in [0.2, 0.25) is 0 Å². The van der Waals surface area contributed by atoms with Crippen molar-refractivity contribution < 1.29 is 9.53 Å². The number of hydrogen-bond donors (Lipinski definition) is 2. The zero-order valence-electron chi connectivity index (χ0n) is 15.4. The highest BCUT2D eigenvalue weighted by atomic mass is 32.1. The van der Waals surface area contributed by atoms with E-state index in [1.165, 1.54) is 0 Å². The van der Waals surface area contributed by atoms with Gasteiger partial charge in [-0.1, -0.05) is 36.4 Å². The van der Waals surface area contributed by atoms with E-state index in [4.69, 9.17) is 17.0 Å². The highest BCUT2D eigenvalue weighted by Crippen LogP contribution is 2.23. The fourth-order valence-corrected chi connectivity index (χ4v) is 3.70. The summed E-state index contributed by atoms with van der Waals surface area (Å²) < 4.78 is 7.87. The predicted molar refractivity (Wildman–Crippen MR) is 117 cm³/mol. The van der Waals surface area contributed by atoms with Gasteiger partial charge in [0, 0.05) is 5.69 Å². The fraction of sp³-hybridized carbons (Fsp3) is 0.0952. The maximum atomic E-state index is 12.5. The third-order valence-electron chi connectivity index (χ3n) is 4.19. The molecule has 0 aliphatic carbocycles. The summed E-state index contributed by atoms with van der Waals surface area (Å²) in [6.07, 6.45) is 0. The van der Waals surface area contributed by atoms with Crippen molar-refractivity contribution >= 4 is 35.1 Å². The number of thiophene rings is 1. The van der Waals surface area contributed by atoms with E-state index in [2.05, 4.69) is 15.5 Å². The number of aromatic nitrogens is 3. The molecular weight excluding hydrogens is 404 g/mol. The van der Waals surface area contributed by atoms with E-state index in [0.717, 1.165) is 16.2 Å². The van der Waals surface area contributed by atoms with E-state index in [-0.39, 0.29) is 12.5 Å². The lowest BCUT2D eigenvalue weighted by Gasteiger charge is -2.09. The Hall–Kier alpha value is -3.23. The summed E-state index contributed by atoms with van der Waals surface area (Å²) in [6.45, 7) is 0.575. The van der Waals surface area contributed by atoms with E-state index < -0.39 is 0 Å². The second-order valence-corrected chi connectivity index (χ2v) is 7.60. The van der Waals surface area contributed by atoms with Gasteiger partial charge in [-0.25, -0.2) is 0 Å². The van der Waals surface area contributed by atoms with Crippen molar-refractivity contribution in [3.8, 4) is 16.5 Å². The van der Waals surface area contributed by atoms with E-state index >= 15 is 0 Å². The van der Waals surface area contributed by atoms with E-state index in [1.54, 1.807) is 15.9 Å². The average Bonchev–Trinajstić information content (AvgIpc) is 3.39. The zero-order valence-corrected chi connectivity index (χ0v) is 17.0. The minimum atomic E-state index is -0.182. The van der Waals surface area contributed by atoms with Gasteiger partial charge in [-0.15, -0.1) is 11.3 Å². The molecule has 2 aromatic carbocycles. The van der Waals surface area contributed by atoms with Gasteiger partial charge < -0.3 is 10.1 Å². The molecule has 0 fully saturated rings. The van der Waals surface area contributed by atoms with Gasteiger partial charge in [-0.05, 0) is 53.5 Å².